The number of amides is 1. The van der Waals surface area contributed by atoms with Crippen LogP contribution in [0.5, 0.6) is 0 Å². The first kappa shape index (κ1) is 13.8. The summed E-state index contributed by atoms with van der Waals surface area (Å²) in [6.45, 7) is 1.98. The zero-order valence-corrected chi connectivity index (χ0v) is 13.0. The summed E-state index contributed by atoms with van der Waals surface area (Å²) >= 11 is 3.44. The number of carbonyl (C=O) groups is 1. The van der Waals surface area contributed by atoms with Crippen LogP contribution in [0.25, 0.3) is 10.9 Å². The van der Waals surface area contributed by atoms with E-state index in [4.69, 9.17) is 0 Å². The summed E-state index contributed by atoms with van der Waals surface area (Å²) < 4.78 is 0.918. The highest BCUT2D eigenvalue weighted by atomic mass is 79.9. The van der Waals surface area contributed by atoms with Gasteiger partial charge in [-0.3, -0.25) is 4.79 Å². The Hall–Kier alpha value is -2.20. The number of pyridine rings is 1. The molecule has 0 fully saturated rings. The summed E-state index contributed by atoms with van der Waals surface area (Å²) in [6, 6.07) is 17.1. The highest BCUT2D eigenvalue weighted by molar-refractivity contribution is 9.10. The van der Waals surface area contributed by atoms with Gasteiger partial charge in [-0.15, -0.1) is 0 Å². The summed E-state index contributed by atoms with van der Waals surface area (Å²) in [5.41, 5.74) is 2.55. The van der Waals surface area contributed by atoms with Gasteiger partial charge >= 0.3 is 0 Å². The van der Waals surface area contributed by atoms with Crippen LogP contribution in [0.4, 0.5) is 5.82 Å². The second-order valence-corrected chi connectivity index (χ2v) is 5.66. The number of anilines is 1. The second-order valence-electron chi connectivity index (χ2n) is 4.81. The van der Waals surface area contributed by atoms with Crippen LogP contribution in [0, 0.1) is 6.92 Å². The number of rotatable bonds is 2. The Morgan fingerprint density at radius 2 is 1.90 bits per heavy atom. The molecule has 1 amide bonds. The van der Waals surface area contributed by atoms with Gasteiger partial charge in [-0.1, -0.05) is 40.2 Å². The number of nitrogens with one attached hydrogen (secondary N) is 1. The van der Waals surface area contributed by atoms with Gasteiger partial charge in [-0.05, 0) is 42.8 Å². The number of aryl methyl sites for hydroxylation is 1. The fraction of sp³-hybridized carbons (Fsp3) is 0.0588. The van der Waals surface area contributed by atoms with Gasteiger partial charge in [0, 0.05) is 15.4 Å². The van der Waals surface area contributed by atoms with E-state index in [0.29, 0.717) is 11.4 Å². The first-order valence-corrected chi connectivity index (χ1v) is 7.36. The van der Waals surface area contributed by atoms with Crippen LogP contribution < -0.4 is 5.32 Å². The first-order valence-electron chi connectivity index (χ1n) is 6.57. The molecule has 0 aliphatic rings. The third kappa shape index (κ3) is 2.95. The molecule has 0 aliphatic heterocycles. The number of carbonyl (C=O) groups excluding carboxylic acids is 1. The number of benzene rings is 2. The summed E-state index contributed by atoms with van der Waals surface area (Å²) in [4.78, 5) is 16.7. The fourth-order valence-corrected chi connectivity index (χ4v) is 2.44. The molecule has 1 aromatic heterocycles. The Bertz CT molecular complexity index is 830. The van der Waals surface area contributed by atoms with E-state index in [-0.39, 0.29) is 5.91 Å². The van der Waals surface area contributed by atoms with Crippen molar-refractivity contribution in [1.29, 1.82) is 0 Å². The number of halogens is 1. The molecule has 4 heteroatoms. The predicted molar refractivity (Wildman–Crippen MR) is 88.6 cm³/mol. The molecule has 0 saturated carbocycles. The predicted octanol–water partition coefficient (Wildman–Crippen LogP) is 4.56. The van der Waals surface area contributed by atoms with E-state index in [0.717, 1.165) is 20.9 Å². The van der Waals surface area contributed by atoms with Crippen molar-refractivity contribution in [2.24, 2.45) is 0 Å². The largest absolute Gasteiger partial charge is 0.307 e. The van der Waals surface area contributed by atoms with E-state index < -0.39 is 0 Å². The van der Waals surface area contributed by atoms with Crippen molar-refractivity contribution < 1.29 is 4.79 Å². The lowest BCUT2D eigenvalue weighted by atomic mass is 10.1. The van der Waals surface area contributed by atoms with Gasteiger partial charge < -0.3 is 5.32 Å². The summed E-state index contributed by atoms with van der Waals surface area (Å²) in [5, 5.41) is 3.88. The second kappa shape index (κ2) is 5.66. The topological polar surface area (TPSA) is 42.0 Å². The average molecular weight is 341 g/mol. The van der Waals surface area contributed by atoms with Gasteiger partial charge in [0.15, 0.2) is 0 Å². The van der Waals surface area contributed by atoms with Crippen molar-refractivity contribution in [3.05, 3.63) is 70.2 Å². The van der Waals surface area contributed by atoms with Crippen LogP contribution in [0.15, 0.2) is 59.1 Å². The van der Waals surface area contributed by atoms with Crippen LogP contribution in [0.3, 0.4) is 0 Å². The lowest BCUT2D eigenvalue weighted by Gasteiger charge is -2.07. The summed E-state index contributed by atoms with van der Waals surface area (Å²) in [7, 11) is 0. The minimum atomic E-state index is -0.168. The smallest absolute Gasteiger partial charge is 0.256 e. The number of hydrogen-bond donors (Lipinski definition) is 1. The van der Waals surface area contributed by atoms with Crippen LogP contribution in [0.1, 0.15) is 15.9 Å². The minimum Gasteiger partial charge on any atom is -0.307 e. The Morgan fingerprint density at radius 3 is 2.71 bits per heavy atom. The van der Waals surface area contributed by atoms with Gasteiger partial charge in [-0.2, -0.15) is 0 Å². The molecule has 0 saturated heterocycles. The zero-order valence-electron chi connectivity index (χ0n) is 11.4. The molecule has 2 aromatic carbocycles. The number of nitrogens with zero attached hydrogens (tertiary/aromatic N) is 1. The SMILES string of the molecule is Cc1ccc(C(=O)Nc2ccc3ccccc3n2)cc1Br. The Kier molecular flexibility index (Phi) is 3.71. The number of hydrogen-bond acceptors (Lipinski definition) is 2. The van der Waals surface area contributed by atoms with Crippen molar-refractivity contribution in [1.82, 2.24) is 4.98 Å². The van der Waals surface area contributed by atoms with E-state index in [1.54, 1.807) is 6.07 Å². The molecule has 1 N–H and O–H groups in total. The van der Waals surface area contributed by atoms with Gasteiger partial charge in [0.2, 0.25) is 0 Å². The van der Waals surface area contributed by atoms with E-state index in [2.05, 4.69) is 26.2 Å². The number of para-hydroxylation sites is 1. The third-order valence-electron chi connectivity index (χ3n) is 3.27. The van der Waals surface area contributed by atoms with Crippen molar-refractivity contribution in [3.63, 3.8) is 0 Å². The molecule has 0 bridgehead atoms. The maximum Gasteiger partial charge on any atom is 0.256 e. The van der Waals surface area contributed by atoms with Gasteiger partial charge in [0.25, 0.3) is 5.91 Å². The lowest BCUT2D eigenvalue weighted by molar-refractivity contribution is 0.102. The molecule has 0 atom stereocenters. The molecule has 3 aromatic rings. The standard InChI is InChI=1S/C17H13BrN2O/c1-11-6-7-13(10-14(11)18)17(21)20-16-9-8-12-4-2-3-5-15(12)19-16/h2-10H,1H3,(H,19,20,21). The monoisotopic (exact) mass is 340 g/mol. The Balaban J connectivity index is 1.87. The maximum atomic E-state index is 12.2. The van der Waals surface area contributed by atoms with Crippen molar-refractivity contribution in [3.8, 4) is 0 Å². The highest BCUT2D eigenvalue weighted by Crippen LogP contribution is 2.19. The van der Waals surface area contributed by atoms with Crippen LogP contribution >= 0.6 is 15.9 Å². The molecule has 1 heterocycles. The molecule has 0 spiro atoms. The Morgan fingerprint density at radius 1 is 1.10 bits per heavy atom. The molecule has 0 aliphatic carbocycles. The van der Waals surface area contributed by atoms with E-state index in [9.17, 15) is 4.79 Å². The van der Waals surface area contributed by atoms with Gasteiger partial charge in [0.05, 0.1) is 5.52 Å². The minimum absolute atomic E-state index is 0.168. The van der Waals surface area contributed by atoms with E-state index in [1.165, 1.54) is 0 Å². The average Bonchev–Trinajstić information content (AvgIpc) is 2.50. The fourth-order valence-electron chi connectivity index (χ4n) is 2.06. The van der Waals surface area contributed by atoms with E-state index >= 15 is 0 Å². The number of aromatic nitrogens is 1. The lowest BCUT2D eigenvalue weighted by Crippen LogP contribution is -2.13. The first-order chi connectivity index (χ1) is 10.1. The maximum absolute atomic E-state index is 12.2. The molecule has 104 valence electrons. The van der Waals surface area contributed by atoms with Crippen molar-refractivity contribution in [2.75, 3.05) is 5.32 Å². The molecule has 3 rings (SSSR count). The van der Waals surface area contributed by atoms with Crippen LogP contribution in [-0.2, 0) is 0 Å². The van der Waals surface area contributed by atoms with Crippen molar-refractivity contribution >= 4 is 38.6 Å². The molecule has 21 heavy (non-hydrogen) atoms. The number of fused-ring (bicyclic) bond motifs is 1. The summed E-state index contributed by atoms with van der Waals surface area (Å²) in [6.07, 6.45) is 0. The Labute approximate surface area is 131 Å². The molecule has 0 unspecified atom stereocenters. The van der Waals surface area contributed by atoms with Crippen LogP contribution in [-0.4, -0.2) is 10.9 Å². The third-order valence-corrected chi connectivity index (χ3v) is 4.13. The van der Waals surface area contributed by atoms with E-state index in [1.807, 2.05) is 55.5 Å². The molecule has 3 nitrogen and oxygen atoms in total. The zero-order chi connectivity index (χ0) is 14.8. The quantitative estimate of drug-likeness (QED) is 0.743. The summed E-state index contributed by atoms with van der Waals surface area (Å²) in [5.74, 6) is 0.383. The molecular formula is C17H13BrN2O. The van der Waals surface area contributed by atoms with Crippen molar-refractivity contribution in [2.45, 2.75) is 6.92 Å². The van der Waals surface area contributed by atoms with Gasteiger partial charge in [0.1, 0.15) is 5.82 Å². The normalized spacial score (nSPS) is 10.6. The molecule has 0 radical (unpaired) electrons. The van der Waals surface area contributed by atoms with Crippen LogP contribution in [0.2, 0.25) is 0 Å². The molecular weight excluding hydrogens is 328 g/mol. The van der Waals surface area contributed by atoms with Gasteiger partial charge in [-0.25, -0.2) is 4.98 Å². The highest BCUT2D eigenvalue weighted by Gasteiger charge is 2.08.